The van der Waals surface area contributed by atoms with Gasteiger partial charge in [0.15, 0.2) is 5.03 Å². The third kappa shape index (κ3) is 2.83. The van der Waals surface area contributed by atoms with E-state index in [4.69, 9.17) is 0 Å². The summed E-state index contributed by atoms with van der Waals surface area (Å²) in [5, 5.41) is 3.35. The van der Waals surface area contributed by atoms with Gasteiger partial charge in [0.2, 0.25) is 0 Å². The Morgan fingerprint density at radius 2 is 2.35 bits per heavy atom. The van der Waals surface area contributed by atoms with Gasteiger partial charge in [0.1, 0.15) is 0 Å². The van der Waals surface area contributed by atoms with Crippen LogP contribution in [0.3, 0.4) is 0 Å². The Morgan fingerprint density at radius 1 is 1.53 bits per heavy atom. The molecule has 1 aliphatic heterocycles. The molecule has 0 aromatic carbocycles. The van der Waals surface area contributed by atoms with Gasteiger partial charge in [-0.05, 0) is 37.6 Å². The first-order valence-corrected chi connectivity index (χ1v) is 7.13. The molecule has 1 unspecified atom stereocenters. The molecule has 1 fully saturated rings. The van der Waals surface area contributed by atoms with Crippen molar-refractivity contribution in [1.82, 2.24) is 14.6 Å². The average Bonchev–Trinajstić information content (AvgIpc) is 2.83. The molecule has 2 rings (SSSR count). The maximum atomic E-state index is 12.2. The van der Waals surface area contributed by atoms with Crippen LogP contribution in [-0.4, -0.2) is 44.4 Å². The second-order valence-corrected chi connectivity index (χ2v) is 6.30. The molecular weight excluding hydrogens is 238 g/mol. The fourth-order valence-electron chi connectivity index (χ4n) is 1.99. The predicted molar refractivity (Wildman–Crippen MR) is 65.0 cm³/mol. The van der Waals surface area contributed by atoms with Gasteiger partial charge in [0.05, 0.1) is 0 Å². The van der Waals surface area contributed by atoms with Gasteiger partial charge >= 0.3 is 0 Å². The smallest absolute Gasteiger partial charge is 0.260 e. The first-order chi connectivity index (χ1) is 8.10. The van der Waals surface area contributed by atoms with Gasteiger partial charge in [0.25, 0.3) is 10.0 Å². The lowest BCUT2D eigenvalue weighted by atomic mass is 10.1. The van der Waals surface area contributed by atoms with Crippen LogP contribution < -0.4 is 5.32 Å². The molecule has 0 radical (unpaired) electrons. The summed E-state index contributed by atoms with van der Waals surface area (Å²) in [7, 11) is -1.82. The number of pyridine rings is 1. The highest BCUT2D eigenvalue weighted by atomic mass is 32.2. The fourth-order valence-corrected chi connectivity index (χ4v) is 3.16. The highest BCUT2D eigenvalue weighted by Gasteiger charge is 2.25. The molecule has 1 atom stereocenters. The van der Waals surface area contributed by atoms with E-state index in [0.717, 1.165) is 19.5 Å². The molecule has 5 nitrogen and oxygen atoms in total. The SMILES string of the molecule is CN(CC1CCNC1)S(=O)(=O)c1ccccn1. The minimum Gasteiger partial charge on any atom is -0.316 e. The van der Waals surface area contributed by atoms with Crippen molar-refractivity contribution in [2.45, 2.75) is 11.4 Å². The number of nitrogens with zero attached hydrogens (tertiary/aromatic N) is 2. The quantitative estimate of drug-likeness (QED) is 0.841. The number of rotatable bonds is 4. The highest BCUT2D eigenvalue weighted by molar-refractivity contribution is 7.89. The third-order valence-electron chi connectivity index (χ3n) is 2.99. The van der Waals surface area contributed by atoms with Crippen LogP contribution in [-0.2, 0) is 10.0 Å². The lowest BCUT2D eigenvalue weighted by Gasteiger charge is -2.19. The van der Waals surface area contributed by atoms with E-state index in [1.165, 1.54) is 16.6 Å². The maximum Gasteiger partial charge on any atom is 0.260 e. The number of hydrogen-bond acceptors (Lipinski definition) is 4. The Hall–Kier alpha value is -0.980. The van der Waals surface area contributed by atoms with Crippen molar-refractivity contribution >= 4 is 10.0 Å². The van der Waals surface area contributed by atoms with Crippen molar-refractivity contribution in [2.75, 3.05) is 26.7 Å². The Bertz CT molecular complexity index is 455. The van der Waals surface area contributed by atoms with E-state index in [2.05, 4.69) is 10.3 Å². The van der Waals surface area contributed by atoms with Crippen LogP contribution >= 0.6 is 0 Å². The van der Waals surface area contributed by atoms with Gasteiger partial charge in [-0.2, -0.15) is 4.31 Å². The Labute approximate surface area is 102 Å². The number of aromatic nitrogens is 1. The molecule has 1 aliphatic rings. The van der Waals surface area contributed by atoms with Crippen molar-refractivity contribution < 1.29 is 8.42 Å². The average molecular weight is 255 g/mol. The molecule has 1 aromatic heterocycles. The summed E-state index contributed by atoms with van der Waals surface area (Å²) < 4.78 is 25.7. The first-order valence-electron chi connectivity index (χ1n) is 5.69. The second-order valence-electron chi connectivity index (χ2n) is 4.31. The molecule has 1 N–H and O–H groups in total. The molecular formula is C11H17N3O2S. The molecule has 6 heteroatoms. The molecule has 0 saturated carbocycles. The normalized spacial score (nSPS) is 20.9. The van der Waals surface area contributed by atoms with Crippen molar-refractivity contribution in [2.24, 2.45) is 5.92 Å². The summed E-state index contributed by atoms with van der Waals surface area (Å²) in [4.78, 5) is 3.90. The molecule has 0 aliphatic carbocycles. The van der Waals surface area contributed by atoms with E-state index < -0.39 is 10.0 Å². The summed E-state index contributed by atoms with van der Waals surface area (Å²) >= 11 is 0. The van der Waals surface area contributed by atoms with Crippen molar-refractivity contribution in [3.8, 4) is 0 Å². The Morgan fingerprint density at radius 3 is 2.94 bits per heavy atom. The number of hydrogen-bond donors (Lipinski definition) is 1. The minimum absolute atomic E-state index is 0.119. The van der Waals surface area contributed by atoms with Gasteiger partial charge in [-0.3, -0.25) is 0 Å². The standard InChI is InChI=1S/C11H17N3O2S/c1-14(9-10-5-7-12-8-10)17(15,16)11-4-2-3-6-13-11/h2-4,6,10,12H,5,7-9H2,1H3. The molecule has 1 saturated heterocycles. The van der Waals surface area contributed by atoms with Crippen molar-refractivity contribution in [3.05, 3.63) is 24.4 Å². The van der Waals surface area contributed by atoms with Crippen LogP contribution in [0.25, 0.3) is 0 Å². The van der Waals surface area contributed by atoms with Crippen LogP contribution in [0.15, 0.2) is 29.4 Å². The largest absolute Gasteiger partial charge is 0.316 e. The van der Waals surface area contributed by atoms with E-state index in [1.54, 1.807) is 19.2 Å². The summed E-state index contributed by atoms with van der Waals surface area (Å²) in [6.45, 7) is 2.41. The van der Waals surface area contributed by atoms with Crippen LogP contribution in [0.1, 0.15) is 6.42 Å². The predicted octanol–water partition coefficient (Wildman–Crippen LogP) is 0.312. The van der Waals surface area contributed by atoms with Crippen LogP contribution in [0, 0.1) is 5.92 Å². The lowest BCUT2D eigenvalue weighted by Crippen LogP contribution is -2.33. The van der Waals surface area contributed by atoms with Crippen molar-refractivity contribution in [3.63, 3.8) is 0 Å². The van der Waals surface area contributed by atoms with E-state index in [0.29, 0.717) is 12.5 Å². The zero-order chi connectivity index (χ0) is 12.3. The topological polar surface area (TPSA) is 62.3 Å². The zero-order valence-electron chi connectivity index (χ0n) is 9.83. The summed E-state index contributed by atoms with van der Waals surface area (Å²) in [6.07, 6.45) is 2.53. The van der Waals surface area contributed by atoms with E-state index in [1.807, 2.05) is 0 Å². The lowest BCUT2D eigenvalue weighted by molar-refractivity contribution is 0.398. The summed E-state index contributed by atoms with van der Waals surface area (Å²) in [5.41, 5.74) is 0. The first kappa shape index (κ1) is 12.5. The van der Waals surface area contributed by atoms with E-state index in [9.17, 15) is 8.42 Å². The molecule has 94 valence electrons. The molecule has 1 aromatic rings. The monoisotopic (exact) mass is 255 g/mol. The zero-order valence-corrected chi connectivity index (χ0v) is 10.7. The molecule has 17 heavy (non-hydrogen) atoms. The van der Waals surface area contributed by atoms with Crippen LogP contribution in [0.2, 0.25) is 0 Å². The summed E-state index contributed by atoms with van der Waals surface area (Å²) in [5.74, 6) is 0.401. The van der Waals surface area contributed by atoms with Gasteiger partial charge in [-0.15, -0.1) is 0 Å². The van der Waals surface area contributed by atoms with Crippen molar-refractivity contribution in [1.29, 1.82) is 0 Å². The van der Waals surface area contributed by atoms with Gasteiger partial charge in [0, 0.05) is 19.8 Å². The van der Waals surface area contributed by atoms with E-state index >= 15 is 0 Å². The minimum atomic E-state index is -3.43. The molecule has 0 bridgehead atoms. The van der Waals surface area contributed by atoms with Crippen LogP contribution in [0.4, 0.5) is 0 Å². The Balaban J connectivity index is 2.09. The van der Waals surface area contributed by atoms with Gasteiger partial charge in [-0.1, -0.05) is 6.07 Å². The maximum absolute atomic E-state index is 12.2. The van der Waals surface area contributed by atoms with E-state index in [-0.39, 0.29) is 5.03 Å². The fraction of sp³-hybridized carbons (Fsp3) is 0.545. The van der Waals surface area contributed by atoms with Gasteiger partial charge in [-0.25, -0.2) is 13.4 Å². The number of sulfonamides is 1. The molecule has 2 heterocycles. The third-order valence-corrected chi connectivity index (χ3v) is 4.73. The summed E-state index contributed by atoms with van der Waals surface area (Å²) in [6, 6.07) is 4.92. The Kier molecular flexibility index (Phi) is 3.76. The molecule has 0 spiro atoms. The molecule has 0 amide bonds. The van der Waals surface area contributed by atoms with Crippen LogP contribution in [0.5, 0.6) is 0 Å². The highest BCUT2D eigenvalue weighted by Crippen LogP contribution is 2.15. The van der Waals surface area contributed by atoms with Gasteiger partial charge < -0.3 is 5.32 Å². The second kappa shape index (κ2) is 5.12. The number of nitrogens with one attached hydrogen (secondary N) is 1.